The first-order chi connectivity index (χ1) is 8.58. The molecule has 0 saturated carbocycles. The van der Waals surface area contributed by atoms with Gasteiger partial charge in [0.1, 0.15) is 12.6 Å². The Morgan fingerprint density at radius 1 is 1.50 bits per heavy atom. The van der Waals surface area contributed by atoms with E-state index in [1.165, 1.54) is 4.90 Å². The van der Waals surface area contributed by atoms with E-state index in [-0.39, 0.29) is 18.4 Å². The van der Waals surface area contributed by atoms with E-state index in [4.69, 9.17) is 5.73 Å². The largest absolute Gasteiger partial charge is 0.358 e. The first-order valence-corrected chi connectivity index (χ1v) is 5.98. The number of nitrogens with zero attached hydrogens (tertiary/aromatic N) is 1. The highest BCUT2D eigenvalue weighted by Crippen LogP contribution is 2.34. The minimum absolute atomic E-state index is 0.0154. The molecular formula is C13H17N3O2. The highest BCUT2D eigenvalue weighted by atomic mass is 16.2. The van der Waals surface area contributed by atoms with Crippen LogP contribution in [-0.2, 0) is 16.0 Å². The lowest BCUT2D eigenvalue weighted by Crippen LogP contribution is -2.39. The van der Waals surface area contributed by atoms with Crippen LogP contribution in [-0.4, -0.2) is 25.4 Å². The number of aryl methyl sites for hydroxylation is 1. The van der Waals surface area contributed by atoms with Crippen molar-refractivity contribution >= 4 is 17.5 Å². The van der Waals surface area contributed by atoms with Crippen molar-refractivity contribution in [1.82, 2.24) is 5.32 Å². The first-order valence-electron chi connectivity index (χ1n) is 5.98. The van der Waals surface area contributed by atoms with Crippen LogP contribution in [0.25, 0.3) is 0 Å². The molecular weight excluding hydrogens is 230 g/mol. The van der Waals surface area contributed by atoms with Crippen LogP contribution in [0.3, 0.4) is 0 Å². The van der Waals surface area contributed by atoms with Gasteiger partial charge in [0.05, 0.1) is 0 Å². The quantitative estimate of drug-likeness (QED) is 0.808. The van der Waals surface area contributed by atoms with Crippen LogP contribution in [0.1, 0.15) is 24.1 Å². The molecule has 1 aromatic carbocycles. The van der Waals surface area contributed by atoms with E-state index in [0.29, 0.717) is 0 Å². The van der Waals surface area contributed by atoms with Gasteiger partial charge in [-0.2, -0.15) is 0 Å². The number of nitrogens with two attached hydrogens (primary N) is 1. The van der Waals surface area contributed by atoms with Crippen LogP contribution in [0.4, 0.5) is 5.69 Å². The summed E-state index contributed by atoms with van der Waals surface area (Å²) in [5.74, 6) is -0.426. The standard InChI is InChI=1S/C13H17N3O2/c1-3-8-4-5-10-9(6-8)12(14)13(18)16(10)7-11(17)15-2/h4-6,12H,3,7,14H2,1-2H3,(H,15,17). The van der Waals surface area contributed by atoms with Crippen molar-refractivity contribution in [2.45, 2.75) is 19.4 Å². The van der Waals surface area contributed by atoms with E-state index in [1.54, 1.807) is 7.05 Å². The van der Waals surface area contributed by atoms with Crippen molar-refractivity contribution in [3.8, 4) is 0 Å². The van der Waals surface area contributed by atoms with Gasteiger partial charge in [-0.25, -0.2) is 0 Å². The second-order valence-corrected chi connectivity index (χ2v) is 4.32. The average Bonchev–Trinajstić information content (AvgIpc) is 2.63. The molecule has 1 aromatic rings. The molecule has 18 heavy (non-hydrogen) atoms. The van der Waals surface area contributed by atoms with Crippen molar-refractivity contribution in [2.75, 3.05) is 18.5 Å². The van der Waals surface area contributed by atoms with Crippen molar-refractivity contribution in [1.29, 1.82) is 0 Å². The third-order valence-electron chi connectivity index (χ3n) is 3.24. The van der Waals surface area contributed by atoms with Gasteiger partial charge in [-0.3, -0.25) is 9.59 Å². The Morgan fingerprint density at radius 3 is 2.83 bits per heavy atom. The third kappa shape index (κ3) is 1.97. The van der Waals surface area contributed by atoms with E-state index >= 15 is 0 Å². The van der Waals surface area contributed by atoms with E-state index in [9.17, 15) is 9.59 Å². The lowest BCUT2D eigenvalue weighted by Gasteiger charge is -2.16. The summed E-state index contributed by atoms with van der Waals surface area (Å²) in [6.45, 7) is 2.06. The third-order valence-corrected chi connectivity index (χ3v) is 3.24. The molecule has 1 unspecified atom stereocenters. The summed E-state index contributed by atoms with van der Waals surface area (Å²) in [5.41, 5.74) is 8.59. The smallest absolute Gasteiger partial charge is 0.249 e. The van der Waals surface area contributed by atoms with Gasteiger partial charge in [-0.1, -0.05) is 19.1 Å². The molecule has 1 atom stereocenters. The maximum Gasteiger partial charge on any atom is 0.249 e. The van der Waals surface area contributed by atoms with Crippen LogP contribution < -0.4 is 16.0 Å². The van der Waals surface area contributed by atoms with E-state index in [1.807, 2.05) is 25.1 Å². The second-order valence-electron chi connectivity index (χ2n) is 4.32. The summed E-state index contributed by atoms with van der Waals surface area (Å²) in [6, 6.07) is 5.11. The molecule has 2 rings (SSSR count). The number of amides is 2. The normalized spacial score (nSPS) is 17.8. The molecule has 1 aliphatic heterocycles. The molecule has 0 aliphatic carbocycles. The second kappa shape index (κ2) is 4.78. The monoisotopic (exact) mass is 247 g/mol. The minimum atomic E-state index is -0.656. The summed E-state index contributed by atoms with van der Waals surface area (Å²) < 4.78 is 0. The molecule has 0 radical (unpaired) electrons. The highest BCUT2D eigenvalue weighted by molar-refractivity contribution is 6.07. The van der Waals surface area contributed by atoms with Gasteiger partial charge in [-0.05, 0) is 18.1 Å². The summed E-state index contributed by atoms with van der Waals surface area (Å²) in [4.78, 5) is 24.9. The van der Waals surface area contributed by atoms with Gasteiger partial charge >= 0.3 is 0 Å². The number of hydrogen-bond donors (Lipinski definition) is 2. The maximum atomic E-state index is 12.0. The molecule has 2 amide bonds. The van der Waals surface area contributed by atoms with E-state index in [0.717, 1.165) is 23.2 Å². The molecule has 3 N–H and O–H groups in total. The number of likely N-dealkylation sites (N-methyl/N-ethyl adjacent to an activating group) is 1. The number of nitrogens with one attached hydrogen (secondary N) is 1. The molecule has 96 valence electrons. The van der Waals surface area contributed by atoms with Crippen LogP contribution in [0, 0.1) is 0 Å². The van der Waals surface area contributed by atoms with E-state index < -0.39 is 6.04 Å². The zero-order chi connectivity index (χ0) is 13.3. The van der Waals surface area contributed by atoms with Crippen LogP contribution in [0.15, 0.2) is 18.2 Å². The Morgan fingerprint density at radius 2 is 2.22 bits per heavy atom. The van der Waals surface area contributed by atoms with Gasteiger partial charge in [0.2, 0.25) is 11.8 Å². The van der Waals surface area contributed by atoms with Gasteiger partial charge < -0.3 is 16.0 Å². The zero-order valence-electron chi connectivity index (χ0n) is 10.6. The van der Waals surface area contributed by atoms with Crippen molar-refractivity contribution < 1.29 is 9.59 Å². The topological polar surface area (TPSA) is 75.4 Å². The summed E-state index contributed by atoms with van der Waals surface area (Å²) >= 11 is 0. The van der Waals surface area contributed by atoms with Crippen molar-refractivity contribution in [2.24, 2.45) is 5.73 Å². The lowest BCUT2D eigenvalue weighted by molar-refractivity contribution is -0.123. The molecule has 5 heteroatoms. The van der Waals surface area contributed by atoms with E-state index in [2.05, 4.69) is 5.32 Å². The maximum absolute atomic E-state index is 12.0. The molecule has 0 saturated heterocycles. The number of rotatable bonds is 3. The number of anilines is 1. The molecule has 5 nitrogen and oxygen atoms in total. The van der Waals surface area contributed by atoms with Gasteiger partial charge in [0, 0.05) is 18.3 Å². The van der Waals surface area contributed by atoms with Gasteiger partial charge in [0.15, 0.2) is 0 Å². The van der Waals surface area contributed by atoms with Crippen molar-refractivity contribution in [3.63, 3.8) is 0 Å². The van der Waals surface area contributed by atoms with Gasteiger partial charge in [-0.15, -0.1) is 0 Å². The first kappa shape index (κ1) is 12.6. The summed E-state index contributed by atoms with van der Waals surface area (Å²) in [6.07, 6.45) is 0.892. The predicted molar refractivity (Wildman–Crippen MR) is 69.2 cm³/mol. The van der Waals surface area contributed by atoms with Gasteiger partial charge in [0.25, 0.3) is 0 Å². The number of hydrogen-bond acceptors (Lipinski definition) is 3. The minimum Gasteiger partial charge on any atom is -0.358 e. The number of benzene rings is 1. The fraction of sp³-hybridized carbons (Fsp3) is 0.385. The molecule has 0 bridgehead atoms. The molecule has 1 heterocycles. The Balaban J connectivity index is 2.37. The van der Waals surface area contributed by atoms with Crippen LogP contribution >= 0.6 is 0 Å². The summed E-state index contributed by atoms with van der Waals surface area (Å²) in [5, 5.41) is 2.51. The number of carbonyl (C=O) groups is 2. The zero-order valence-corrected chi connectivity index (χ0v) is 10.6. The number of carbonyl (C=O) groups excluding carboxylic acids is 2. The highest BCUT2D eigenvalue weighted by Gasteiger charge is 2.35. The average molecular weight is 247 g/mol. The van der Waals surface area contributed by atoms with Crippen LogP contribution in [0.5, 0.6) is 0 Å². The summed E-state index contributed by atoms with van der Waals surface area (Å²) in [7, 11) is 1.55. The Hall–Kier alpha value is -1.88. The van der Waals surface area contributed by atoms with Crippen molar-refractivity contribution in [3.05, 3.63) is 29.3 Å². The molecule has 0 aromatic heterocycles. The van der Waals surface area contributed by atoms with Crippen LogP contribution in [0.2, 0.25) is 0 Å². The lowest BCUT2D eigenvalue weighted by atomic mass is 10.0. The Labute approximate surface area is 106 Å². The Bertz CT molecular complexity index is 499. The fourth-order valence-corrected chi connectivity index (χ4v) is 2.12. The Kier molecular flexibility index (Phi) is 3.34. The predicted octanol–water partition coefficient (Wildman–Crippen LogP) is 0.341. The molecule has 0 fully saturated rings. The number of fused-ring (bicyclic) bond motifs is 1. The molecule has 1 aliphatic rings. The molecule has 0 spiro atoms. The fourth-order valence-electron chi connectivity index (χ4n) is 2.12. The SMILES string of the molecule is CCc1ccc2c(c1)C(N)C(=O)N2CC(=O)NC.